The number of alkyl halides is 3. The lowest BCUT2D eigenvalue weighted by molar-refractivity contribution is -0.192. The van der Waals surface area contributed by atoms with Crippen LogP contribution in [0.5, 0.6) is 0 Å². The summed E-state index contributed by atoms with van der Waals surface area (Å²) in [5.41, 5.74) is 5.55. The van der Waals surface area contributed by atoms with Crippen molar-refractivity contribution in [3.63, 3.8) is 0 Å². The van der Waals surface area contributed by atoms with Gasteiger partial charge in [0, 0.05) is 51.1 Å². The molecule has 1 aliphatic carbocycles. The Hall–Kier alpha value is -2.91. The van der Waals surface area contributed by atoms with Gasteiger partial charge in [0.1, 0.15) is 0 Å². The van der Waals surface area contributed by atoms with Crippen LogP contribution in [-0.4, -0.2) is 54.4 Å². The maximum Gasteiger partial charge on any atom is 0.490 e. The summed E-state index contributed by atoms with van der Waals surface area (Å²) in [6.45, 7) is 9.16. The highest BCUT2D eigenvalue weighted by molar-refractivity contribution is 5.77. The molecule has 2 aromatic carbocycles. The molecule has 2 fully saturated rings. The molecular weight excluding hydrogens is 509 g/mol. The molecule has 2 N–H and O–H groups in total. The number of rotatable bonds is 6. The van der Waals surface area contributed by atoms with E-state index in [1.165, 1.54) is 22.3 Å². The van der Waals surface area contributed by atoms with Crippen LogP contribution in [-0.2, 0) is 20.9 Å². The molecule has 2 heterocycles. The summed E-state index contributed by atoms with van der Waals surface area (Å²) in [6.07, 6.45) is -2.44. The van der Waals surface area contributed by atoms with E-state index >= 15 is 0 Å². The van der Waals surface area contributed by atoms with Gasteiger partial charge in [0.15, 0.2) is 0 Å². The number of hydrogen-bond acceptors (Lipinski definition) is 4. The van der Waals surface area contributed by atoms with Gasteiger partial charge in [-0.3, -0.25) is 9.69 Å². The van der Waals surface area contributed by atoms with Gasteiger partial charge in [-0.25, -0.2) is 4.79 Å². The SMILES string of the molecule is CC(C)c1ccc(CN2C[C@@H]3[C@H](NC(=O)CC4CCOCC4)c4ccccc4[C@@H]3C2)cc1.O=C(O)C(F)(F)F. The van der Waals surface area contributed by atoms with Crippen LogP contribution >= 0.6 is 0 Å². The topological polar surface area (TPSA) is 78.9 Å². The van der Waals surface area contributed by atoms with Gasteiger partial charge in [0.25, 0.3) is 0 Å². The molecule has 0 bridgehead atoms. The van der Waals surface area contributed by atoms with E-state index < -0.39 is 12.1 Å². The molecule has 2 aliphatic heterocycles. The summed E-state index contributed by atoms with van der Waals surface area (Å²) in [7, 11) is 0. The molecule has 9 heteroatoms. The summed E-state index contributed by atoms with van der Waals surface area (Å²) < 4.78 is 37.2. The van der Waals surface area contributed by atoms with Gasteiger partial charge in [0.05, 0.1) is 6.04 Å². The van der Waals surface area contributed by atoms with Gasteiger partial charge in [-0.1, -0.05) is 62.4 Å². The van der Waals surface area contributed by atoms with Crippen LogP contribution in [0, 0.1) is 11.8 Å². The lowest BCUT2D eigenvalue weighted by Crippen LogP contribution is -2.35. The number of nitrogens with one attached hydrogen (secondary N) is 1. The highest BCUT2D eigenvalue weighted by Crippen LogP contribution is 2.49. The number of likely N-dealkylation sites (tertiary alicyclic amines) is 1. The number of amides is 1. The van der Waals surface area contributed by atoms with Crippen molar-refractivity contribution >= 4 is 11.9 Å². The van der Waals surface area contributed by atoms with Gasteiger partial charge in [-0.15, -0.1) is 0 Å². The fourth-order valence-electron chi connectivity index (χ4n) is 5.97. The second kappa shape index (κ2) is 12.5. The number of nitrogens with zero attached hydrogens (tertiary/aromatic N) is 1. The largest absolute Gasteiger partial charge is 0.490 e. The Labute approximate surface area is 227 Å². The Bertz CT molecular complexity index is 1130. The molecule has 5 rings (SSSR count). The minimum Gasteiger partial charge on any atom is -0.475 e. The number of fused-ring (bicyclic) bond motifs is 3. The van der Waals surface area contributed by atoms with Crippen molar-refractivity contribution in [3.8, 4) is 0 Å². The van der Waals surface area contributed by atoms with Crippen molar-refractivity contribution in [2.75, 3.05) is 26.3 Å². The van der Waals surface area contributed by atoms with Crippen LogP contribution in [0.4, 0.5) is 13.2 Å². The quantitative estimate of drug-likeness (QED) is 0.490. The zero-order valence-electron chi connectivity index (χ0n) is 22.4. The molecule has 1 amide bonds. The van der Waals surface area contributed by atoms with E-state index in [0.29, 0.717) is 30.1 Å². The number of carbonyl (C=O) groups excluding carboxylic acids is 1. The average Bonchev–Trinajstić information content (AvgIpc) is 3.42. The maximum atomic E-state index is 13.0. The Morgan fingerprint density at radius 1 is 1.03 bits per heavy atom. The van der Waals surface area contributed by atoms with Crippen molar-refractivity contribution in [3.05, 3.63) is 70.8 Å². The predicted octanol–water partition coefficient (Wildman–Crippen LogP) is 5.65. The number of halogens is 3. The monoisotopic (exact) mass is 546 g/mol. The fraction of sp³-hybridized carbons (Fsp3) is 0.533. The normalized spacial score (nSPS) is 23.1. The lowest BCUT2D eigenvalue weighted by Gasteiger charge is -2.25. The van der Waals surface area contributed by atoms with Gasteiger partial charge >= 0.3 is 12.1 Å². The molecule has 2 aromatic rings. The van der Waals surface area contributed by atoms with Crippen LogP contribution < -0.4 is 5.32 Å². The Kier molecular flexibility index (Phi) is 9.33. The van der Waals surface area contributed by atoms with Crippen LogP contribution in [0.25, 0.3) is 0 Å². The first-order chi connectivity index (χ1) is 18.5. The van der Waals surface area contributed by atoms with Crippen LogP contribution in [0.15, 0.2) is 48.5 Å². The van der Waals surface area contributed by atoms with E-state index in [4.69, 9.17) is 14.6 Å². The third-order valence-electron chi connectivity index (χ3n) is 8.03. The van der Waals surface area contributed by atoms with Crippen LogP contribution in [0.1, 0.15) is 73.2 Å². The molecule has 0 unspecified atom stereocenters. The molecular formula is C30H37F3N2O4. The molecule has 3 atom stereocenters. The standard InChI is InChI=1S/C28H36N2O2.C2HF3O2/c1-19(2)22-9-7-21(8-10-22)16-30-17-25-23-5-3-4-6-24(23)28(26(25)18-30)29-27(31)15-20-11-13-32-14-12-20;3-2(4,5)1(6)7/h3-10,19-20,25-26,28H,11-18H2,1-2H3,(H,29,31);(H,6,7)/t25-,26-,28+;/m0./s1. The Morgan fingerprint density at radius 3 is 2.23 bits per heavy atom. The molecule has 0 spiro atoms. The van der Waals surface area contributed by atoms with Gasteiger partial charge < -0.3 is 15.2 Å². The van der Waals surface area contributed by atoms with Crippen LogP contribution in [0.3, 0.4) is 0 Å². The smallest absolute Gasteiger partial charge is 0.475 e. The lowest BCUT2D eigenvalue weighted by atomic mass is 9.93. The summed E-state index contributed by atoms with van der Waals surface area (Å²) in [6, 6.07) is 18.0. The van der Waals surface area contributed by atoms with Crippen molar-refractivity contribution < 1.29 is 32.6 Å². The van der Waals surface area contributed by atoms with Gasteiger partial charge in [-0.2, -0.15) is 13.2 Å². The van der Waals surface area contributed by atoms with Crippen molar-refractivity contribution in [1.29, 1.82) is 0 Å². The highest BCUT2D eigenvalue weighted by atomic mass is 19.4. The first kappa shape index (κ1) is 29.1. The number of aliphatic carboxylic acids is 1. The second-order valence-corrected chi connectivity index (χ2v) is 11.1. The van der Waals surface area contributed by atoms with E-state index in [2.05, 4.69) is 72.6 Å². The van der Waals surface area contributed by atoms with Crippen molar-refractivity contribution in [2.45, 2.75) is 63.7 Å². The number of carboxylic acid groups (broad SMARTS) is 1. The zero-order valence-corrected chi connectivity index (χ0v) is 22.4. The third-order valence-corrected chi connectivity index (χ3v) is 8.03. The number of benzene rings is 2. The van der Waals surface area contributed by atoms with Gasteiger partial charge in [-0.05, 0) is 46.9 Å². The molecule has 212 valence electrons. The molecule has 0 radical (unpaired) electrons. The van der Waals surface area contributed by atoms with E-state index in [9.17, 15) is 18.0 Å². The van der Waals surface area contributed by atoms with E-state index in [-0.39, 0.29) is 11.9 Å². The van der Waals surface area contributed by atoms with E-state index in [0.717, 1.165) is 45.7 Å². The van der Waals surface area contributed by atoms with E-state index in [1.807, 2.05) is 0 Å². The molecule has 3 aliphatic rings. The summed E-state index contributed by atoms with van der Waals surface area (Å²) >= 11 is 0. The van der Waals surface area contributed by atoms with Gasteiger partial charge in [0.2, 0.25) is 5.91 Å². The Morgan fingerprint density at radius 2 is 1.64 bits per heavy atom. The molecule has 39 heavy (non-hydrogen) atoms. The van der Waals surface area contributed by atoms with Crippen molar-refractivity contribution in [2.24, 2.45) is 11.8 Å². The molecule has 6 nitrogen and oxygen atoms in total. The number of hydrogen-bond donors (Lipinski definition) is 2. The zero-order chi connectivity index (χ0) is 28.2. The Balaban J connectivity index is 0.000000448. The van der Waals surface area contributed by atoms with E-state index in [1.54, 1.807) is 0 Å². The highest BCUT2D eigenvalue weighted by Gasteiger charge is 2.46. The number of carboxylic acids is 1. The average molecular weight is 547 g/mol. The third kappa shape index (κ3) is 7.39. The summed E-state index contributed by atoms with van der Waals surface area (Å²) in [5.74, 6) is -0.551. The first-order valence-electron chi connectivity index (χ1n) is 13.6. The number of carbonyl (C=O) groups is 2. The summed E-state index contributed by atoms with van der Waals surface area (Å²) in [5, 5.41) is 10.6. The fourth-order valence-corrected chi connectivity index (χ4v) is 5.97. The van der Waals surface area contributed by atoms with Crippen molar-refractivity contribution in [1.82, 2.24) is 10.2 Å². The molecule has 2 saturated heterocycles. The van der Waals surface area contributed by atoms with Crippen LogP contribution in [0.2, 0.25) is 0 Å². The first-order valence-corrected chi connectivity index (χ1v) is 13.6. The number of ether oxygens (including phenoxy) is 1. The minimum atomic E-state index is -5.08. The summed E-state index contributed by atoms with van der Waals surface area (Å²) in [4.78, 5) is 24.4. The maximum absolute atomic E-state index is 13.0. The molecule has 0 aromatic heterocycles. The predicted molar refractivity (Wildman–Crippen MR) is 141 cm³/mol. The molecule has 0 saturated carbocycles. The minimum absolute atomic E-state index is 0.136. The second-order valence-electron chi connectivity index (χ2n) is 11.1.